The molecule has 0 amide bonds. The van der Waals surface area contributed by atoms with Gasteiger partial charge in [0.2, 0.25) is 10.0 Å². The molecule has 1 aliphatic rings. The number of aromatic carboxylic acids is 1. The molecule has 202 valence electrons. The smallest absolute Gasteiger partial charge is 0.349 e. The highest BCUT2D eigenvalue weighted by Crippen LogP contribution is 2.46. The fraction of sp³-hybridized carbons (Fsp3) is 0.308. The van der Waals surface area contributed by atoms with Crippen molar-refractivity contribution in [2.24, 2.45) is 0 Å². The average Bonchev–Trinajstić information content (AvgIpc) is 3.24. The summed E-state index contributed by atoms with van der Waals surface area (Å²) in [5, 5.41) is 13.0. The zero-order valence-corrected chi connectivity index (χ0v) is 23.8. The fourth-order valence-corrected chi connectivity index (χ4v) is 8.06. The van der Waals surface area contributed by atoms with Crippen LogP contribution in [0, 0.1) is 0 Å². The molecular formula is C26H27BrN2O7S2. The number of hydrogen-bond donors (Lipinski definition) is 2. The molecule has 0 saturated carbocycles. The van der Waals surface area contributed by atoms with Gasteiger partial charge in [0.15, 0.2) is 17.2 Å². The molecule has 1 aromatic heterocycles. The van der Waals surface area contributed by atoms with Crippen LogP contribution < -0.4 is 14.4 Å². The fourth-order valence-electron chi connectivity index (χ4n) is 4.32. The van der Waals surface area contributed by atoms with Crippen LogP contribution in [-0.4, -0.2) is 58.3 Å². The molecule has 0 unspecified atom stereocenters. The van der Waals surface area contributed by atoms with E-state index in [0.717, 1.165) is 11.3 Å². The van der Waals surface area contributed by atoms with Gasteiger partial charge in [-0.3, -0.25) is 4.31 Å². The highest BCUT2D eigenvalue weighted by molar-refractivity contribution is 9.10. The van der Waals surface area contributed by atoms with Crippen molar-refractivity contribution in [1.82, 2.24) is 5.32 Å². The minimum Gasteiger partial charge on any atom is -0.479 e. The monoisotopic (exact) mass is 622 g/mol. The van der Waals surface area contributed by atoms with Crippen molar-refractivity contribution in [3.8, 4) is 16.2 Å². The molecule has 9 nitrogen and oxygen atoms in total. The Hall–Kier alpha value is -2.93. The van der Waals surface area contributed by atoms with E-state index in [1.54, 1.807) is 36.4 Å². The Labute approximate surface area is 233 Å². The van der Waals surface area contributed by atoms with Crippen LogP contribution in [0.25, 0.3) is 10.4 Å². The number of piperidine rings is 1. The van der Waals surface area contributed by atoms with Crippen LogP contribution in [0.1, 0.15) is 28.1 Å². The van der Waals surface area contributed by atoms with E-state index >= 15 is 0 Å². The van der Waals surface area contributed by atoms with Crippen LogP contribution in [0.3, 0.4) is 0 Å². The average molecular weight is 624 g/mol. The van der Waals surface area contributed by atoms with Crippen molar-refractivity contribution in [3.63, 3.8) is 0 Å². The van der Waals surface area contributed by atoms with Crippen LogP contribution in [0.5, 0.6) is 5.75 Å². The lowest BCUT2D eigenvalue weighted by Crippen LogP contribution is -2.46. The molecule has 0 bridgehead atoms. The lowest BCUT2D eigenvalue weighted by atomic mass is 10.1. The predicted molar refractivity (Wildman–Crippen MR) is 149 cm³/mol. The Balaban J connectivity index is 1.75. The van der Waals surface area contributed by atoms with Gasteiger partial charge in [0.1, 0.15) is 0 Å². The van der Waals surface area contributed by atoms with Gasteiger partial charge in [0.05, 0.1) is 27.9 Å². The summed E-state index contributed by atoms with van der Waals surface area (Å²) >= 11 is 4.40. The van der Waals surface area contributed by atoms with Crippen molar-refractivity contribution in [3.05, 3.63) is 69.5 Å². The number of nitrogens with one attached hydrogen (secondary N) is 1. The van der Waals surface area contributed by atoms with Crippen molar-refractivity contribution in [1.29, 1.82) is 0 Å². The van der Waals surface area contributed by atoms with E-state index in [1.807, 2.05) is 18.2 Å². The van der Waals surface area contributed by atoms with Gasteiger partial charge in [-0.25, -0.2) is 18.0 Å². The third-order valence-electron chi connectivity index (χ3n) is 6.06. The van der Waals surface area contributed by atoms with Gasteiger partial charge in [-0.1, -0.05) is 42.5 Å². The molecule has 1 fully saturated rings. The molecule has 0 aliphatic carbocycles. The minimum atomic E-state index is -3.75. The topological polar surface area (TPSA) is 122 Å². The number of thiophene rings is 1. The van der Waals surface area contributed by atoms with Crippen LogP contribution >= 0.6 is 27.3 Å². The number of anilines is 1. The first-order valence-corrected chi connectivity index (χ1v) is 15.1. The van der Waals surface area contributed by atoms with E-state index in [2.05, 4.69) is 26.0 Å². The van der Waals surface area contributed by atoms with Gasteiger partial charge >= 0.3 is 11.9 Å². The Bertz CT molecular complexity index is 1400. The number of esters is 1. The normalized spacial score (nSPS) is 14.2. The number of carboxylic acids is 1. The van der Waals surface area contributed by atoms with Gasteiger partial charge in [-0.05, 0) is 65.1 Å². The molecule has 2 heterocycles. The van der Waals surface area contributed by atoms with E-state index in [-0.39, 0.29) is 22.4 Å². The van der Waals surface area contributed by atoms with Crippen LogP contribution in [0.2, 0.25) is 0 Å². The summed E-state index contributed by atoms with van der Waals surface area (Å²) in [5.74, 6) is -1.98. The molecule has 4 rings (SSSR count). The van der Waals surface area contributed by atoms with Gasteiger partial charge in [-0.2, -0.15) is 0 Å². The summed E-state index contributed by atoms with van der Waals surface area (Å²) in [6.45, 7) is 0.967. The second-order valence-corrected chi connectivity index (χ2v) is 12.3. The molecule has 2 aromatic carbocycles. The first-order chi connectivity index (χ1) is 18.2. The van der Waals surface area contributed by atoms with E-state index in [9.17, 15) is 23.1 Å². The van der Waals surface area contributed by atoms with Crippen molar-refractivity contribution >= 4 is 54.9 Å². The first kappa shape index (κ1) is 28.1. The molecule has 0 atom stereocenters. The molecule has 12 heteroatoms. The van der Waals surface area contributed by atoms with E-state index in [1.165, 1.54) is 11.4 Å². The lowest BCUT2D eigenvalue weighted by Gasteiger charge is -2.35. The highest BCUT2D eigenvalue weighted by Gasteiger charge is 2.32. The van der Waals surface area contributed by atoms with Crippen molar-refractivity contribution < 1.29 is 32.6 Å². The quantitative estimate of drug-likeness (QED) is 0.317. The predicted octanol–water partition coefficient (Wildman–Crippen LogP) is 4.52. The third kappa shape index (κ3) is 6.37. The summed E-state index contributed by atoms with van der Waals surface area (Å²) < 4.78 is 39.5. The SMILES string of the molecule is COC(=O)COc1c(C(=O)O)sc(-c2cccc(N(C3CCNCC3)S(=O)(=O)Cc3ccccc3)c2)c1Br. The van der Waals surface area contributed by atoms with E-state index in [4.69, 9.17) is 4.74 Å². The number of methoxy groups -OCH3 is 1. The highest BCUT2D eigenvalue weighted by atomic mass is 79.9. The summed E-state index contributed by atoms with van der Waals surface area (Å²) in [6.07, 6.45) is 1.32. The van der Waals surface area contributed by atoms with Crippen molar-refractivity contribution in [2.75, 3.05) is 31.1 Å². The van der Waals surface area contributed by atoms with E-state index < -0.39 is 28.6 Å². The standard InChI is InChI=1S/C26H27BrN2O7S2/c1-35-21(30)15-36-23-22(27)24(37-25(23)26(31)32)18-8-5-9-20(14-18)29(19-10-12-28-13-11-19)38(33,34)16-17-6-3-2-4-7-17/h2-9,14,19,28H,10-13,15-16H2,1H3,(H,31,32). The molecule has 0 spiro atoms. The number of ether oxygens (including phenoxy) is 2. The van der Waals surface area contributed by atoms with Gasteiger partial charge in [0.25, 0.3) is 0 Å². The molecule has 1 aliphatic heterocycles. The molecule has 1 saturated heterocycles. The number of hydrogen-bond acceptors (Lipinski definition) is 8. The Morgan fingerprint density at radius 1 is 1.13 bits per heavy atom. The minimum absolute atomic E-state index is 0.0141. The maximum Gasteiger partial charge on any atom is 0.349 e. The Morgan fingerprint density at radius 3 is 2.50 bits per heavy atom. The number of carbonyl (C=O) groups is 2. The largest absolute Gasteiger partial charge is 0.479 e. The number of sulfonamides is 1. The number of halogens is 1. The van der Waals surface area contributed by atoms with Gasteiger partial charge < -0.3 is 19.9 Å². The number of rotatable bonds is 10. The maximum atomic E-state index is 13.8. The van der Waals surface area contributed by atoms with Gasteiger partial charge in [-0.15, -0.1) is 11.3 Å². The summed E-state index contributed by atoms with van der Waals surface area (Å²) in [4.78, 5) is 23.9. The molecule has 38 heavy (non-hydrogen) atoms. The van der Waals surface area contributed by atoms with Gasteiger partial charge in [0, 0.05) is 6.04 Å². The number of carboxylic acid groups (broad SMARTS) is 1. The van der Waals surface area contributed by atoms with Crippen LogP contribution in [0.15, 0.2) is 59.1 Å². The molecule has 3 aromatic rings. The second kappa shape index (κ2) is 12.3. The lowest BCUT2D eigenvalue weighted by molar-refractivity contribution is -0.142. The molecule has 2 N–H and O–H groups in total. The maximum absolute atomic E-state index is 13.8. The third-order valence-corrected chi connectivity index (χ3v) is 10.1. The molecular weight excluding hydrogens is 596 g/mol. The first-order valence-electron chi connectivity index (χ1n) is 11.8. The number of carbonyl (C=O) groups excluding carboxylic acids is 1. The summed E-state index contributed by atoms with van der Waals surface area (Å²) in [6, 6.07) is 15.9. The zero-order chi connectivity index (χ0) is 27.3. The van der Waals surface area contributed by atoms with Crippen molar-refractivity contribution in [2.45, 2.75) is 24.6 Å². The summed E-state index contributed by atoms with van der Waals surface area (Å²) in [5.41, 5.74) is 1.81. The number of nitrogens with zero attached hydrogens (tertiary/aromatic N) is 1. The second-order valence-electron chi connectivity index (χ2n) is 8.64. The number of benzene rings is 2. The van der Waals surface area contributed by atoms with Crippen LogP contribution in [0.4, 0.5) is 5.69 Å². The molecule has 0 radical (unpaired) electrons. The zero-order valence-electron chi connectivity index (χ0n) is 20.6. The Morgan fingerprint density at radius 2 is 1.84 bits per heavy atom. The van der Waals surface area contributed by atoms with E-state index in [0.29, 0.717) is 52.1 Å². The Kier molecular flexibility index (Phi) is 9.08. The summed E-state index contributed by atoms with van der Waals surface area (Å²) in [7, 11) is -2.54. The van der Waals surface area contributed by atoms with Crippen LogP contribution in [-0.2, 0) is 25.3 Å².